The average Bonchev–Trinajstić information content (AvgIpc) is 3.09. The van der Waals surface area contributed by atoms with E-state index >= 15 is 0 Å². The van der Waals surface area contributed by atoms with Gasteiger partial charge in [-0.2, -0.15) is 5.10 Å². The van der Waals surface area contributed by atoms with Gasteiger partial charge in [-0.1, -0.05) is 6.07 Å². The van der Waals surface area contributed by atoms with Gasteiger partial charge < -0.3 is 15.4 Å². The zero-order valence-corrected chi connectivity index (χ0v) is 15.0. The third-order valence-electron chi connectivity index (χ3n) is 4.56. The maximum absolute atomic E-state index is 14.4. The first-order valence-corrected chi connectivity index (χ1v) is 8.99. The maximum atomic E-state index is 14.4. The summed E-state index contributed by atoms with van der Waals surface area (Å²) in [4.78, 5) is 4.50. The minimum atomic E-state index is -0.244. The maximum Gasteiger partial charge on any atom is 0.184 e. The first-order valence-electron chi connectivity index (χ1n) is 8.59. The van der Waals surface area contributed by atoms with Gasteiger partial charge in [0.2, 0.25) is 0 Å². The monoisotopic (exact) mass is 365 g/mol. The van der Waals surface area contributed by atoms with E-state index in [-0.39, 0.29) is 10.9 Å². The number of hydrogen-bond acceptors (Lipinski definition) is 5. The summed E-state index contributed by atoms with van der Waals surface area (Å²) in [6, 6.07) is 5.11. The number of nitrogens with one attached hydrogen (secondary N) is 1. The van der Waals surface area contributed by atoms with Gasteiger partial charge in [-0.15, -0.1) is 0 Å². The molecule has 2 fully saturated rings. The van der Waals surface area contributed by atoms with E-state index in [1.54, 1.807) is 6.07 Å². The van der Waals surface area contributed by atoms with Gasteiger partial charge in [0.25, 0.3) is 0 Å². The van der Waals surface area contributed by atoms with Gasteiger partial charge in [0.15, 0.2) is 5.11 Å². The fraction of sp³-hybridized carbons (Fsp3) is 0.529. The molecule has 1 aromatic carbocycles. The molecule has 3 N–H and O–H groups in total. The molecule has 2 saturated heterocycles. The number of nitrogens with zero attached hydrogens (tertiary/aromatic N) is 3. The molecule has 1 unspecified atom stereocenters. The first kappa shape index (κ1) is 18.0. The van der Waals surface area contributed by atoms with Crippen molar-refractivity contribution in [2.45, 2.75) is 18.9 Å². The van der Waals surface area contributed by atoms with Crippen LogP contribution >= 0.6 is 12.2 Å². The van der Waals surface area contributed by atoms with Crippen LogP contribution in [0.5, 0.6) is 0 Å². The van der Waals surface area contributed by atoms with Crippen LogP contribution in [0, 0.1) is 5.82 Å². The normalized spacial score (nSPS) is 21.8. The van der Waals surface area contributed by atoms with Gasteiger partial charge in [-0.3, -0.25) is 10.3 Å². The van der Waals surface area contributed by atoms with E-state index in [0.717, 1.165) is 52.2 Å². The molecule has 0 bridgehead atoms. The second-order valence-electron chi connectivity index (χ2n) is 6.37. The standard InChI is InChI=1S/C17H24FN5OS/c18-15-10-13(11-20-21-17(19)25)3-4-16(15)23-7-5-22(6-8-23)12-14-2-1-9-24-14/h3-4,10-11,14H,1-2,5-9,12H2,(H3,19,21,25). The summed E-state index contributed by atoms with van der Waals surface area (Å²) >= 11 is 4.66. The number of ether oxygens (including phenoxy) is 1. The quantitative estimate of drug-likeness (QED) is 0.466. The van der Waals surface area contributed by atoms with Crippen molar-refractivity contribution in [3.63, 3.8) is 0 Å². The van der Waals surface area contributed by atoms with E-state index in [2.05, 4.69) is 32.5 Å². The highest BCUT2D eigenvalue weighted by Gasteiger charge is 2.23. The van der Waals surface area contributed by atoms with Crippen molar-refractivity contribution >= 4 is 29.2 Å². The third-order valence-corrected chi connectivity index (χ3v) is 4.65. The molecule has 0 radical (unpaired) electrons. The Morgan fingerprint density at radius 1 is 1.40 bits per heavy atom. The minimum Gasteiger partial charge on any atom is -0.377 e. The fourth-order valence-electron chi connectivity index (χ4n) is 3.28. The van der Waals surface area contributed by atoms with Crippen molar-refractivity contribution < 1.29 is 9.13 Å². The molecule has 0 spiro atoms. The number of halogens is 1. The number of anilines is 1. The van der Waals surface area contributed by atoms with Gasteiger partial charge in [-0.25, -0.2) is 4.39 Å². The van der Waals surface area contributed by atoms with Crippen molar-refractivity contribution in [1.29, 1.82) is 0 Å². The van der Waals surface area contributed by atoms with Crippen LogP contribution in [-0.2, 0) is 4.74 Å². The first-order chi connectivity index (χ1) is 12.1. The van der Waals surface area contributed by atoms with E-state index in [1.807, 2.05) is 6.07 Å². The molecule has 0 aliphatic carbocycles. The molecule has 2 aliphatic rings. The van der Waals surface area contributed by atoms with E-state index in [0.29, 0.717) is 17.4 Å². The van der Waals surface area contributed by atoms with Crippen molar-refractivity contribution in [3.05, 3.63) is 29.6 Å². The highest BCUT2D eigenvalue weighted by Crippen LogP contribution is 2.22. The van der Waals surface area contributed by atoms with E-state index in [9.17, 15) is 4.39 Å². The van der Waals surface area contributed by atoms with Crippen molar-refractivity contribution in [2.24, 2.45) is 10.8 Å². The molecule has 1 aromatic rings. The Labute approximate surface area is 152 Å². The molecular weight excluding hydrogens is 341 g/mol. The second-order valence-corrected chi connectivity index (χ2v) is 6.81. The van der Waals surface area contributed by atoms with E-state index < -0.39 is 0 Å². The SMILES string of the molecule is NC(=S)NN=Cc1ccc(N2CCN(CC3CCCO3)CC2)c(F)c1. The van der Waals surface area contributed by atoms with E-state index in [1.165, 1.54) is 12.3 Å². The summed E-state index contributed by atoms with van der Waals surface area (Å²) < 4.78 is 20.1. The minimum absolute atomic E-state index is 0.0780. The number of thiocarbonyl (C=S) groups is 1. The van der Waals surface area contributed by atoms with Crippen molar-refractivity contribution in [2.75, 3.05) is 44.2 Å². The molecule has 0 saturated carbocycles. The van der Waals surface area contributed by atoms with Crippen LogP contribution in [0.3, 0.4) is 0 Å². The van der Waals surface area contributed by atoms with Gasteiger partial charge >= 0.3 is 0 Å². The molecule has 3 rings (SSSR count). The Kier molecular flexibility index (Phi) is 6.17. The summed E-state index contributed by atoms with van der Waals surface area (Å²) in [5.41, 5.74) is 9.03. The predicted molar refractivity (Wildman–Crippen MR) is 102 cm³/mol. The lowest BCUT2D eigenvalue weighted by Gasteiger charge is -2.37. The summed E-state index contributed by atoms with van der Waals surface area (Å²) in [7, 11) is 0. The fourth-order valence-corrected chi connectivity index (χ4v) is 3.33. The second kappa shape index (κ2) is 8.55. The molecular formula is C17H24FN5OS. The molecule has 8 heteroatoms. The molecule has 0 aromatic heterocycles. The Bertz CT molecular complexity index is 627. The lowest BCUT2D eigenvalue weighted by Crippen LogP contribution is -2.48. The van der Waals surface area contributed by atoms with Crippen LogP contribution in [0.2, 0.25) is 0 Å². The Morgan fingerprint density at radius 3 is 2.84 bits per heavy atom. The molecule has 2 aliphatic heterocycles. The Morgan fingerprint density at radius 2 is 2.20 bits per heavy atom. The summed E-state index contributed by atoms with van der Waals surface area (Å²) in [6.07, 6.45) is 4.18. The Hall–Kier alpha value is -1.77. The summed E-state index contributed by atoms with van der Waals surface area (Å²) in [5, 5.41) is 3.92. The Balaban J connectivity index is 1.54. The van der Waals surface area contributed by atoms with Gasteiger partial charge in [-0.05, 0) is 42.8 Å². The number of hydrogen-bond donors (Lipinski definition) is 2. The van der Waals surface area contributed by atoms with Crippen LogP contribution in [0.15, 0.2) is 23.3 Å². The average molecular weight is 365 g/mol. The van der Waals surface area contributed by atoms with Crippen LogP contribution in [0.4, 0.5) is 10.1 Å². The van der Waals surface area contributed by atoms with Crippen LogP contribution in [0.1, 0.15) is 18.4 Å². The van der Waals surface area contributed by atoms with Gasteiger partial charge in [0.1, 0.15) is 5.82 Å². The number of hydrazone groups is 1. The van der Waals surface area contributed by atoms with Crippen molar-refractivity contribution in [3.8, 4) is 0 Å². The number of benzene rings is 1. The smallest absolute Gasteiger partial charge is 0.184 e. The lowest BCUT2D eigenvalue weighted by molar-refractivity contribution is 0.0712. The highest BCUT2D eigenvalue weighted by atomic mass is 32.1. The zero-order valence-electron chi connectivity index (χ0n) is 14.2. The highest BCUT2D eigenvalue weighted by molar-refractivity contribution is 7.80. The van der Waals surface area contributed by atoms with Crippen LogP contribution in [-0.4, -0.2) is 61.7 Å². The third kappa shape index (κ3) is 5.10. The zero-order chi connectivity index (χ0) is 17.6. The molecule has 0 amide bonds. The summed E-state index contributed by atoms with van der Waals surface area (Å²) in [6.45, 7) is 5.38. The largest absolute Gasteiger partial charge is 0.377 e. The number of nitrogens with two attached hydrogens (primary N) is 1. The number of piperazine rings is 1. The molecule has 25 heavy (non-hydrogen) atoms. The van der Waals surface area contributed by atoms with Gasteiger partial charge in [0, 0.05) is 39.3 Å². The van der Waals surface area contributed by atoms with Crippen LogP contribution < -0.4 is 16.1 Å². The molecule has 136 valence electrons. The van der Waals surface area contributed by atoms with Crippen molar-refractivity contribution in [1.82, 2.24) is 10.3 Å². The molecule has 1 atom stereocenters. The molecule has 2 heterocycles. The summed E-state index contributed by atoms with van der Waals surface area (Å²) in [5.74, 6) is -0.244. The van der Waals surface area contributed by atoms with Crippen LogP contribution in [0.25, 0.3) is 0 Å². The topological polar surface area (TPSA) is 66.1 Å². The van der Waals surface area contributed by atoms with Gasteiger partial charge in [0.05, 0.1) is 18.0 Å². The molecule has 6 nitrogen and oxygen atoms in total. The predicted octanol–water partition coefficient (Wildman–Crippen LogP) is 1.29. The number of rotatable bonds is 5. The van der Waals surface area contributed by atoms with E-state index in [4.69, 9.17) is 10.5 Å². The lowest BCUT2D eigenvalue weighted by atomic mass is 10.1.